The highest BCUT2D eigenvalue weighted by Gasteiger charge is 2.17. The summed E-state index contributed by atoms with van der Waals surface area (Å²) in [4.78, 5) is 0. The number of hydrogen-bond donors (Lipinski definition) is 0. The van der Waals surface area contributed by atoms with E-state index in [-0.39, 0.29) is 0 Å². The molecule has 0 aliphatic carbocycles. The minimum atomic E-state index is 1.24. The van der Waals surface area contributed by atoms with Gasteiger partial charge in [-0.25, -0.2) is 0 Å². The van der Waals surface area contributed by atoms with E-state index in [9.17, 15) is 0 Å². The topological polar surface area (TPSA) is 0 Å². The first-order valence-electron chi connectivity index (χ1n) is 12.9. The fourth-order valence-corrected chi connectivity index (χ4v) is 5.79. The molecule has 0 aromatic heterocycles. The van der Waals surface area contributed by atoms with Crippen molar-refractivity contribution in [1.82, 2.24) is 0 Å². The van der Waals surface area contributed by atoms with E-state index in [1.165, 1.54) is 71.3 Å². The van der Waals surface area contributed by atoms with Gasteiger partial charge in [-0.1, -0.05) is 139 Å². The Hall–Kier alpha value is -4.68. The van der Waals surface area contributed by atoms with Crippen LogP contribution in [0.1, 0.15) is 5.56 Å². The van der Waals surface area contributed by atoms with Crippen LogP contribution in [0.5, 0.6) is 0 Å². The van der Waals surface area contributed by atoms with Crippen LogP contribution in [0, 0.1) is 6.92 Å². The molecule has 0 unspecified atom stereocenters. The van der Waals surface area contributed by atoms with Crippen LogP contribution in [0.25, 0.3) is 65.7 Å². The Morgan fingerprint density at radius 3 is 1.49 bits per heavy atom. The van der Waals surface area contributed by atoms with E-state index in [1.807, 2.05) is 0 Å². The Bertz CT molecular complexity index is 1860. The van der Waals surface area contributed by atoms with Gasteiger partial charge in [0.15, 0.2) is 0 Å². The second-order valence-corrected chi connectivity index (χ2v) is 9.81. The zero-order valence-electron chi connectivity index (χ0n) is 20.8. The number of fused-ring (bicyclic) bond motifs is 3. The Morgan fingerprint density at radius 2 is 0.838 bits per heavy atom. The lowest BCUT2D eigenvalue weighted by Crippen LogP contribution is -1.91. The summed E-state index contributed by atoms with van der Waals surface area (Å²) in [5.74, 6) is 0. The van der Waals surface area contributed by atoms with Crippen molar-refractivity contribution in [3.05, 3.63) is 145 Å². The van der Waals surface area contributed by atoms with E-state index >= 15 is 0 Å². The molecule has 0 aliphatic heterocycles. The second kappa shape index (κ2) is 8.76. The minimum absolute atomic E-state index is 1.24. The van der Waals surface area contributed by atoms with Gasteiger partial charge in [0, 0.05) is 0 Å². The summed E-state index contributed by atoms with van der Waals surface area (Å²) in [5.41, 5.74) is 8.89. The summed E-state index contributed by atoms with van der Waals surface area (Å²) < 4.78 is 0. The molecule has 0 N–H and O–H groups in total. The molecule has 0 fully saturated rings. The Kier molecular flexibility index (Phi) is 5.11. The molecule has 37 heavy (non-hydrogen) atoms. The second-order valence-electron chi connectivity index (χ2n) is 9.81. The van der Waals surface area contributed by atoms with E-state index < -0.39 is 0 Å². The van der Waals surface area contributed by atoms with Crippen LogP contribution in [0.2, 0.25) is 0 Å². The van der Waals surface area contributed by atoms with Crippen LogP contribution in [0.15, 0.2) is 140 Å². The van der Waals surface area contributed by atoms with Crippen molar-refractivity contribution in [3.8, 4) is 33.4 Å². The van der Waals surface area contributed by atoms with Gasteiger partial charge in [-0.15, -0.1) is 0 Å². The van der Waals surface area contributed by atoms with Crippen molar-refractivity contribution < 1.29 is 0 Å². The number of aryl methyl sites for hydroxylation is 1. The minimum Gasteiger partial charge on any atom is -0.0616 e. The largest absolute Gasteiger partial charge is 0.0616 e. The third-order valence-electron chi connectivity index (χ3n) is 7.52. The number of rotatable bonds is 3. The van der Waals surface area contributed by atoms with Crippen LogP contribution >= 0.6 is 0 Å². The molecular weight excluding hydrogens is 444 g/mol. The first kappa shape index (κ1) is 21.6. The van der Waals surface area contributed by atoms with E-state index in [0.717, 1.165) is 0 Å². The van der Waals surface area contributed by atoms with Gasteiger partial charge in [-0.05, 0) is 78.7 Å². The van der Waals surface area contributed by atoms with Gasteiger partial charge < -0.3 is 0 Å². The van der Waals surface area contributed by atoms with Crippen molar-refractivity contribution in [3.63, 3.8) is 0 Å². The fraction of sp³-hybridized carbons (Fsp3) is 0.0270. The zero-order valence-corrected chi connectivity index (χ0v) is 20.8. The van der Waals surface area contributed by atoms with Crippen LogP contribution in [-0.4, -0.2) is 0 Å². The van der Waals surface area contributed by atoms with E-state index in [0.29, 0.717) is 0 Å². The molecule has 0 radical (unpaired) electrons. The average molecular weight is 471 g/mol. The standard InChI is InChI=1S/C37H26/c1-25-20-22-27(23-21-25)36-32-15-4-6-17-34(32)37(35-18-7-5-16-33(35)36)29-13-8-12-28(24-29)31-19-9-11-26-10-2-3-14-30(26)31/h2-24H,1H3. The van der Waals surface area contributed by atoms with Crippen molar-refractivity contribution in [2.45, 2.75) is 6.92 Å². The third-order valence-corrected chi connectivity index (χ3v) is 7.52. The maximum Gasteiger partial charge on any atom is -0.00262 e. The maximum atomic E-state index is 2.36. The van der Waals surface area contributed by atoms with Gasteiger partial charge in [0.1, 0.15) is 0 Å². The molecule has 174 valence electrons. The zero-order chi connectivity index (χ0) is 24.8. The fourth-order valence-electron chi connectivity index (χ4n) is 5.79. The molecule has 0 aliphatic rings. The Balaban J connectivity index is 1.54. The molecule has 0 heteroatoms. The van der Waals surface area contributed by atoms with E-state index in [4.69, 9.17) is 0 Å². The van der Waals surface area contributed by atoms with Crippen LogP contribution < -0.4 is 0 Å². The predicted octanol–water partition coefficient (Wildman–Crippen LogP) is 10.5. The molecule has 0 bridgehead atoms. The summed E-state index contributed by atoms with van der Waals surface area (Å²) >= 11 is 0. The molecule has 7 aromatic carbocycles. The molecule has 7 aromatic rings. The molecule has 0 amide bonds. The highest BCUT2D eigenvalue weighted by Crippen LogP contribution is 2.44. The molecule has 0 nitrogen and oxygen atoms in total. The highest BCUT2D eigenvalue weighted by molar-refractivity contribution is 6.21. The van der Waals surface area contributed by atoms with Gasteiger partial charge in [0.05, 0.1) is 0 Å². The molecular formula is C37H26. The van der Waals surface area contributed by atoms with Gasteiger partial charge in [-0.2, -0.15) is 0 Å². The smallest absolute Gasteiger partial charge is 0.00262 e. The molecule has 0 saturated carbocycles. The lowest BCUT2D eigenvalue weighted by atomic mass is 9.85. The molecule has 0 saturated heterocycles. The summed E-state index contributed by atoms with van der Waals surface area (Å²) in [6.45, 7) is 2.14. The molecule has 7 rings (SSSR count). The van der Waals surface area contributed by atoms with Crippen molar-refractivity contribution in [2.24, 2.45) is 0 Å². The maximum absolute atomic E-state index is 2.36. The van der Waals surface area contributed by atoms with Crippen LogP contribution in [0.4, 0.5) is 0 Å². The van der Waals surface area contributed by atoms with Gasteiger partial charge in [0.25, 0.3) is 0 Å². The predicted molar refractivity (Wildman–Crippen MR) is 160 cm³/mol. The van der Waals surface area contributed by atoms with Crippen LogP contribution in [-0.2, 0) is 0 Å². The van der Waals surface area contributed by atoms with Crippen molar-refractivity contribution in [1.29, 1.82) is 0 Å². The average Bonchev–Trinajstić information content (AvgIpc) is 2.96. The van der Waals surface area contributed by atoms with Gasteiger partial charge in [-0.3, -0.25) is 0 Å². The summed E-state index contributed by atoms with van der Waals surface area (Å²) in [5, 5.41) is 7.69. The van der Waals surface area contributed by atoms with Crippen LogP contribution in [0.3, 0.4) is 0 Å². The monoisotopic (exact) mass is 470 g/mol. The molecule has 0 spiro atoms. The van der Waals surface area contributed by atoms with Gasteiger partial charge in [0.2, 0.25) is 0 Å². The Labute approximate surface area is 217 Å². The first-order chi connectivity index (χ1) is 18.3. The highest BCUT2D eigenvalue weighted by atomic mass is 14.2. The number of benzene rings is 7. The SMILES string of the molecule is Cc1ccc(-c2c3ccccc3c(-c3cccc(-c4cccc5ccccc45)c3)c3ccccc23)cc1. The van der Waals surface area contributed by atoms with Crippen molar-refractivity contribution >= 4 is 32.3 Å². The van der Waals surface area contributed by atoms with Gasteiger partial charge >= 0.3 is 0 Å². The Morgan fingerprint density at radius 1 is 0.351 bits per heavy atom. The summed E-state index contributed by atoms with van der Waals surface area (Å²) in [6.07, 6.45) is 0. The quantitative estimate of drug-likeness (QED) is 0.225. The normalized spacial score (nSPS) is 11.4. The van der Waals surface area contributed by atoms with Crippen molar-refractivity contribution in [2.75, 3.05) is 0 Å². The lowest BCUT2D eigenvalue weighted by molar-refractivity contribution is 1.47. The lowest BCUT2D eigenvalue weighted by Gasteiger charge is -2.18. The first-order valence-corrected chi connectivity index (χ1v) is 12.9. The third kappa shape index (κ3) is 3.61. The summed E-state index contributed by atoms with van der Waals surface area (Å²) in [6, 6.07) is 50.9. The molecule has 0 atom stereocenters. The van der Waals surface area contributed by atoms with E-state index in [1.54, 1.807) is 0 Å². The molecule has 0 heterocycles. The summed E-state index contributed by atoms with van der Waals surface area (Å²) in [7, 11) is 0. The number of hydrogen-bond acceptors (Lipinski definition) is 0. The van der Waals surface area contributed by atoms with E-state index in [2.05, 4.69) is 146 Å².